The third kappa shape index (κ3) is 3.01. The number of phenolic OH excluding ortho intramolecular Hbond substituents is 1. The van der Waals surface area contributed by atoms with Crippen LogP contribution in [0, 0.1) is 0 Å². The van der Waals surface area contributed by atoms with E-state index in [9.17, 15) is 5.11 Å². The monoisotopic (exact) mass is 290 g/mol. The number of aromatic hydroxyl groups is 1. The van der Waals surface area contributed by atoms with Gasteiger partial charge in [0.25, 0.3) is 0 Å². The topological polar surface area (TPSA) is 35.9 Å². The molecule has 3 rings (SSSR count). The SMILES string of the molecule is COc1ccc(C(C)N2CCCN3CCCC3C2)c(O)c1. The first-order valence-electron chi connectivity index (χ1n) is 8.04. The highest BCUT2D eigenvalue weighted by Crippen LogP contribution is 2.33. The molecule has 2 unspecified atom stereocenters. The minimum atomic E-state index is 0.247. The molecule has 0 aromatic heterocycles. The first kappa shape index (κ1) is 14.7. The fourth-order valence-electron chi connectivity index (χ4n) is 3.79. The zero-order valence-corrected chi connectivity index (χ0v) is 13.1. The van der Waals surface area contributed by atoms with Crippen molar-refractivity contribution in [3.8, 4) is 11.5 Å². The van der Waals surface area contributed by atoms with E-state index in [1.807, 2.05) is 12.1 Å². The standard InChI is InChI=1S/C17H26N2O2/c1-13(16-7-6-15(21-2)11-17(16)20)19-10-4-9-18-8-3-5-14(18)12-19/h6-7,11,13-14,20H,3-5,8-10,12H2,1-2H3. The van der Waals surface area contributed by atoms with Gasteiger partial charge in [-0.25, -0.2) is 0 Å². The number of ether oxygens (including phenoxy) is 1. The second-order valence-electron chi connectivity index (χ2n) is 6.28. The van der Waals surface area contributed by atoms with E-state index >= 15 is 0 Å². The molecule has 2 saturated heterocycles. The van der Waals surface area contributed by atoms with Crippen molar-refractivity contribution in [1.29, 1.82) is 0 Å². The van der Waals surface area contributed by atoms with Crippen molar-refractivity contribution in [2.45, 2.75) is 38.3 Å². The normalized spacial score (nSPS) is 25.3. The van der Waals surface area contributed by atoms with Crippen LogP contribution in [0.5, 0.6) is 11.5 Å². The highest BCUT2D eigenvalue weighted by molar-refractivity contribution is 5.41. The van der Waals surface area contributed by atoms with Crippen molar-refractivity contribution in [1.82, 2.24) is 9.80 Å². The van der Waals surface area contributed by atoms with Crippen LogP contribution in [0.4, 0.5) is 0 Å². The fraction of sp³-hybridized carbons (Fsp3) is 0.647. The van der Waals surface area contributed by atoms with Gasteiger partial charge in [-0.1, -0.05) is 6.07 Å². The Kier molecular flexibility index (Phi) is 4.36. The molecule has 1 aromatic carbocycles. The highest BCUT2D eigenvalue weighted by atomic mass is 16.5. The molecule has 21 heavy (non-hydrogen) atoms. The smallest absolute Gasteiger partial charge is 0.124 e. The number of benzene rings is 1. The number of hydrogen-bond donors (Lipinski definition) is 1. The van der Waals surface area contributed by atoms with Crippen molar-refractivity contribution in [2.24, 2.45) is 0 Å². The van der Waals surface area contributed by atoms with Crippen LogP contribution in [-0.2, 0) is 0 Å². The molecular formula is C17H26N2O2. The van der Waals surface area contributed by atoms with Crippen LogP contribution < -0.4 is 4.74 Å². The molecule has 2 fully saturated rings. The molecule has 2 aliphatic rings. The Morgan fingerprint density at radius 3 is 2.81 bits per heavy atom. The van der Waals surface area contributed by atoms with Gasteiger partial charge in [0.15, 0.2) is 0 Å². The molecule has 0 spiro atoms. The maximum atomic E-state index is 10.3. The second-order valence-corrected chi connectivity index (χ2v) is 6.28. The quantitative estimate of drug-likeness (QED) is 0.928. The maximum Gasteiger partial charge on any atom is 0.124 e. The third-order valence-corrected chi connectivity index (χ3v) is 5.07. The molecule has 0 saturated carbocycles. The van der Waals surface area contributed by atoms with Gasteiger partial charge in [0.05, 0.1) is 7.11 Å². The Morgan fingerprint density at radius 2 is 2.05 bits per heavy atom. The van der Waals surface area contributed by atoms with Gasteiger partial charge in [0.2, 0.25) is 0 Å². The third-order valence-electron chi connectivity index (χ3n) is 5.07. The largest absolute Gasteiger partial charge is 0.507 e. The van der Waals surface area contributed by atoms with Crippen LogP contribution in [0.2, 0.25) is 0 Å². The average Bonchev–Trinajstić information content (AvgIpc) is 2.83. The summed E-state index contributed by atoms with van der Waals surface area (Å²) in [4.78, 5) is 5.16. The molecular weight excluding hydrogens is 264 g/mol. The first-order valence-corrected chi connectivity index (χ1v) is 8.04. The molecule has 4 nitrogen and oxygen atoms in total. The molecule has 1 aromatic rings. The summed E-state index contributed by atoms with van der Waals surface area (Å²) in [6.45, 7) is 6.92. The fourth-order valence-corrected chi connectivity index (χ4v) is 3.79. The van der Waals surface area contributed by atoms with Crippen molar-refractivity contribution >= 4 is 0 Å². The van der Waals surface area contributed by atoms with Crippen LogP contribution in [-0.4, -0.2) is 54.2 Å². The lowest BCUT2D eigenvalue weighted by molar-refractivity contribution is 0.180. The number of phenols is 1. The molecule has 0 amide bonds. The Hall–Kier alpha value is -1.26. The first-order chi connectivity index (χ1) is 10.2. The van der Waals surface area contributed by atoms with Crippen LogP contribution in [0.25, 0.3) is 0 Å². The van der Waals surface area contributed by atoms with Gasteiger partial charge in [0.1, 0.15) is 11.5 Å². The molecule has 2 heterocycles. The van der Waals surface area contributed by atoms with Crippen molar-refractivity contribution in [3.63, 3.8) is 0 Å². The zero-order chi connectivity index (χ0) is 14.8. The van der Waals surface area contributed by atoms with E-state index in [2.05, 4.69) is 16.7 Å². The minimum absolute atomic E-state index is 0.247. The van der Waals surface area contributed by atoms with Crippen molar-refractivity contribution in [2.75, 3.05) is 33.3 Å². The number of fused-ring (bicyclic) bond motifs is 1. The van der Waals surface area contributed by atoms with E-state index in [-0.39, 0.29) is 6.04 Å². The summed E-state index contributed by atoms with van der Waals surface area (Å²) in [5, 5.41) is 10.3. The van der Waals surface area contributed by atoms with Gasteiger partial charge in [-0.15, -0.1) is 0 Å². The van der Waals surface area contributed by atoms with Gasteiger partial charge < -0.3 is 9.84 Å². The van der Waals surface area contributed by atoms with Gasteiger partial charge in [0, 0.05) is 36.8 Å². The summed E-state index contributed by atoms with van der Waals surface area (Å²) in [6, 6.07) is 6.60. The molecule has 4 heteroatoms. The van der Waals surface area contributed by atoms with Crippen LogP contribution in [0.3, 0.4) is 0 Å². The highest BCUT2D eigenvalue weighted by Gasteiger charge is 2.31. The molecule has 1 N–H and O–H groups in total. The summed E-state index contributed by atoms with van der Waals surface area (Å²) >= 11 is 0. The van der Waals surface area contributed by atoms with Gasteiger partial charge in [-0.05, 0) is 45.3 Å². The summed E-state index contributed by atoms with van der Waals surface area (Å²) in [6.07, 6.45) is 3.87. The molecule has 2 atom stereocenters. The van der Waals surface area contributed by atoms with Gasteiger partial charge in [-0.2, -0.15) is 0 Å². The Labute approximate surface area is 127 Å². The van der Waals surface area contributed by atoms with E-state index < -0.39 is 0 Å². The van der Waals surface area contributed by atoms with E-state index in [1.165, 1.54) is 32.4 Å². The molecule has 0 bridgehead atoms. The lowest BCUT2D eigenvalue weighted by Gasteiger charge is -2.31. The molecule has 0 aliphatic carbocycles. The lowest BCUT2D eigenvalue weighted by atomic mass is 10.0. The minimum Gasteiger partial charge on any atom is -0.507 e. The summed E-state index contributed by atoms with van der Waals surface area (Å²) in [5.74, 6) is 1.05. The second kappa shape index (κ2) is 6.24. The van der Waals surface area contributed by atoms with E-state index in [4.69, 9.17) is 4.74 Å². The number of nitrogens with zero attached hydrogens (tertiary/aromatic N) is 2. The Balaban J connectivity index is 1.76. The molecule has 2 aliphatic heterocycles. The summed E-state index contributed by atoms with van der Waals surface area (Å²) in [7, 11) is 1.63. The number of rotatable bonds is 3. The predicted molar refractivity (Wildman–Crippen MR) is 83.9 cm³/mol. The Bertz CT molecular complexity index is 492. The van der Waals surface area contributed by atoms with Crippen molar-refractivity contribution in [3.05, 3.63) is 23.8 Å². The summed E-state index contributed by atoms with van der Waals surface area (Å²) < 4.78 is 5.17. The van der Waals surface area contributed by atoms with Crippen LogP contribution in [0.15, 0.2) is 18.2 Å². The number of methoxy groups -OCH3 is 1. The zero-order valence-electron chi connectivity index (χ0n) is 13.1. The lowest BCUT2D eigenvalue weighted by Crippen LogP contribution is -2.37. The van der Waals surface area contributed by atoms with Gasteiger partial charge in [-0.3, -0.25) is 9.80 Å². The maximum absolute atomic E-state index is 10.3. The van der Waals surface area contributed by atoms with Crippen molar-refractivity contribution < 1.29 is 9.84 Å². The van der Waals surface area contributed by atoms with Crippen LogP contribution in [0.1, 0.15) is 37.8 Å². The molecule has 0 radical (unpaired) electrons. The average molecular weight is 290 g/mol. The Morgan fingerprint density at radius 1 is 1.24 bits per heavy atom. The van der Waals surface area contributed by atoms with E-state index in [1.54, 1.807) is 13.2 Å². The van der Waals surface area contributed by atoms with E-state index in [0.717, 1.165) is 18.7 Å². The molecule has 116 valence electrons. The number of hydrogen-bond acceptors (Lipinski definition) is 4. The summed E-state index contributed by atoms with van der Waals surface area (Å²) in [5.41, 5.74) is 1.00. The van der Waals surface area contributed by atoms with Crippen LogP contribution >= 0.6 is 0 Å². The predicted octanol–water partition coefficient (Wildman–Crippen LogP) is 2.63. The van der Waals surface area contributed by atoms with E-state index in [0.29, 0.717) is 17.5 Å². The van der Waals surface area contributed by atoms with Gasteiger partial charge >= 0.3 is 0 Å².